The zero-order valence-electron chi connectivity index (χ0n) is 9.02. The van der Waals surface area contributed by atoms with E-state index in [1.54, 1.807) is 13.1 Å². The predicted octanol–water partition coefficient (Wildman–Crippen LogP) is 1.05. The van der Waals surface area contributed by atoms with Gasteiger partial charge in [0.1, 0.15) is 11.9 Å². The maximum absolute atomic E-state index is 9.80. The second-order valence-electron chi connectivity index (χ2n) is 3.62. The lowest BCUT2D eigenvalue weighted by molar-refractivity contribution is 0.0139. The Morgan fingerprint density at radius 3 is 2.62 bits per heavy atom. The number of benzene rings is 1. The van der Waals surface area contributed by atoms with Gasteiger partial charge in [-0.15, -0.1) is 0 Å². The van der Waals surface area contributed by atoms with Gasteiger partial charge in [0, 0.05) is 0 Å². The van der Waals surface area contributed by atoms with Crippen LogP contribution in [0.4, 0.5) is 0 Å². The number of nitrogens with one attached hydrogen (secondary N) is 1. The van der Waals surface area contributed by atoms with E-state index in [4.69, 9.17) is 11.6 Å². The number of rotatable bonds is 5. The van der Waals surface area contributed by atoms with E-state index in [9.17, 15) is 15.3 Å². The zero-order valence-corrected chi connectivity index (χ0v) is 9.78. The van der Waals surface area contributed by atoms with Crippen molar-refractivity contribution in [3.05, 3.63) is 28.8 Å². The molecule has 0 bridgehead atoms. The van der Waals surface area contributed by atoms with Gasteiger partial charge in [-0.3, -0.25) is 0 Å². The minimum atomic E-state index is -1.02. The highest BCUT2D eigenvalue weighted by Gasteiger charge is 2.18. The molecule has 0 saturated carbocycles. The first-order valence-electron chi connectivity index (χ1n) is 5.05. The molecule has 0 amide bonds. The zero-order chi connectivity index (χ0) is 12.1. The summed E-state index contributed by atoms with van der Waals surface area (Å²) in [6, 6.07) is 4.42. The van der Waals surface area contributed by atoms with Crippen LogP contribution in [0.2, 0.25) is 5.02 Å². The van der Waals surface area contributed by atoms with Crippen LogP contribution in [0.3, 0.4) is 0 Å². The summed E-state index contributed by atoms with van der Waals surface area (Å²) in [6.07, 6.45) is -1.45. The first-order valence-corrected chi connectivity index (χ1v) is 5.43. The highest BCUT2D eigenvalue weighted by molar-refractivity contribution is 6.32. The van der Waals surface area contributed by atoms with Gasteiger partial charge in [-0.05, 0) is 37.7 Å². The number of aromatic hydroxyl groups is 1. The van der Waals surface area contributed by atoms with Gasteiger partial charge in [-0.25, -0.2) is 0 Å². The highest BCUT2D eigenvalue weighted by Crippen LogP contribution is 2.28. The van der Waals surface area contributed by atoms with Crippen molar-refractivity contribution in [3.63, 3.8) is 0 Å². The number of phenolic OH excluding ortho intramolecular Hbond substituents is 1. The highest BCUT2D eigenvalue weighted by atomic mass is 35.5. The summed E-state index contributed by atoms with van der Waals surface area (Å²) in [5.41, 5.74) is 0.450. The van der Waals surface area contributed by atoms with E-state index in [1.165, 1.54) is 12.1 Å². The molecule has 0 aliphatic heterocycles. The van der Waals surface area contributed by atoms with Gasteiger partial charge in [-0.1, -0.05) is 17.7 Å². The number of aliphatic hydroxyl groups excluding tert-OH is 2. The van der Waals surface area contributed by atoms with E-state index in [0.29, 0.717) is 18.5 Å². The van der Waals surface area contributed by atoms with Crippen LogP contribution in [0.1, 0.15) is 18.1 Å². The van der Waals surface area contributed by atoms with Gasteiger partial charge in [0.25, 0.3) is 0 Å². The van der Waals surface area contributed by atoms with Crippen molar-refractivity contribution >= 4 is 11.6 Å². The lowest BCUT2D eigenvalue weighted by Gasteiger charge is -2.18. The number of hydrogen-bond donors (Lipinski definition) is 4. The summed E-state index contributed by atoms with van der Waals surface area (Å²) in [6.45, 7) is 0.609. The van der Waals surface area contributed by atoms with Crippen LogP contribution < -0.4 is 5.32 Å². The molecular formula is C11H16ClNO3. The average Bonchev–Trinajstić information content (AvgIpc) is 2.28. The van der Waals surface area contributed by atoms with Crippen LogP contribution in [0.15, 0.2) is 18.2 Å². The van der Waals surface area contributed by atoms with Crippen molar-refractivity contribution in [1.82, 2.24) is 5.32 Å². The van der Waals surface area contributed by atoms with Crippen LogP contribution in [-0.2, 0) is 0 Å². The summed E-state index contributed by atoms with van der Waals surface area (Å²) in [5.74, 6) is -0.0981. The molecule has 0 aromatic heterocycles. The van der Waals surface area contributed by atoms with Crippen LogP contribution in [-0.4, -0.2) is 35.0 Å². The fourth-order valence-electron chi connectivity index (χ4n) is 1.39. The Kier molecular flexibility index (Phi) is 5.02. The fourth-order valence-corrected chi connectivity index (χ4v) is 1.50. The SMILES string of the molecule is CNCCC(O)C(O)c1ccc(Cl)c(O)c1. The van der Waals surface area contributed by atoms with E-state index in [2.05, 4.69) is 5.32 Å². The third-order valence-corrected chi connectivity index (χ3v) is 2.69. The Morgan fingerprint density at radius 2 is 2.06 bits per heavy atom. The van der Waals surface area contributed by atoms with Crippen molar-refractivity contribution in [1.29, 1.82) is 0 Å². The number of aliphatic hydroxyl groups is 2. The third-order valence-electron chi connectivity index (χ3n) is 2.37. The van der Waals surface area contributed by atoms with Crippen molar-refractivity contribution in [2.75, 3.05) is 13.6 Å². The monoisotopic (exact) mass is 245 g/mol. The summed E-state index contributed by atoms with van der Waals surface area (Å²) >= 11 is 5.64. The van der Waals surface area contributed by atoms with Gasteiger partial charge >= 0.3 is 0 Å². The second kappa shape index (κ2) is 6.06. The van der Waals surface area contributed by atoms with E-state index >= 15 is 0 Å². The molecule has 0 heterocycles. The van der Waals surface area contributed by atoms with Gasteiger partial charge < -0.3 is 20.6 Å². The molecular weight excluding hydrogens is 230 g/mol. The molecule has 0 aliphatic rings. The molecule has 0 radical (unpaired) electrons. The van der Waals surface area contributed by atoms with E-state index < -0.39 is 12.2 Å². The summed E-state index contributed by atoms with van der Waals surface area (Å²) in [7, 11) is 1.77. The lowest BCUT2D eigenvalue weighted by Crippen LogP contribution is -2.23. The molecule has 5 heteroatoms. The molecule has 4 N–H and O–H groups in total. The first kappa shape index (κ1) is 13.3. The molecule has 90 valence electrons. The Labute approximate surface area is 99.5 Å². The number of halogens is 1. The van der Waals surface area contributed by atoms with Crippen molar-refractivity contribution in [2.24, 2.45) is 0 Å². The van der Waals surface area contributed by atoms with Crippen LogP contribution in [0.25, 0.3) is 0 Å². The smallest absolute Gasteiger partial charge is 0.134 e. The predicted molar refractivity (Wildman–Crippen MR) is 62.6 cm³/mol. The normalized spacial score (nSPS) is 14.8. The molecule has 1 aromatic carbocycles. The lowest BCUT2D eigenvalue weighted by atomic mass is 10.0. The fraction of sp³-hybridized carbons (Fsp3) is 0.455. The molecule has 16 heavy (non-hydrogen) atoms. The van der Waals surface area contributed by atoms with E-state index in [0.717, 1.165) is 0 Å². The van der Waals surface area contributed by atoms with Crippen LogP contribution >= 0.6 is 11.6 Å². The topological polar surface area (TPSA) is 72.7 Å². The Morgan fingerprint density at radius 1 is 1.38 bits per heavy atom. The molecule has 0 aliphatic carbocycles. The number of phenols is 1. The van der Waals surface area contributed by atoms with Gasteiger partial charge in [-0.2, -0.15) is 0 Å². The van der Waals surface area contributed by atoms with Crippen molar-refractivity contribution in [2.45, 2.75) is 18.6 Å². The quantitative estimate of drug-likeness (QED) is 0.626. The third kappa shape index (κ3) is 3.35. The molecule has 0 spiro atoms. The largest absolute Gasteiger partial charge is 0.506 e. The molecule has 1 aromatic rings. The first-order chi connectivity index (χ1) is 7.56. The van der Waals surface area contributed by atoms with Gasteiger partial charge in [0.15, 0.2) is 0 Å². The molecule has 2 atom stereocenters. The van der Waals surface area contributed by atoms with Crippen molar-refractivity contribution in [3.8, 4) is 5.75 Å². The van der Waals surface area contributed by atoms with Crippen LogP contribution in [0, 0.1) is 0 Å². The number of hydrogen-bond acceptors (Lipinski definition) is 4. The summed E-state index contributed by atoms with van der Waals surface area (Å²) in [5, 5.41) is 31.9. The molecule has 0 saturated heterocycles. The Bertz CT molecular complexity index is 346. The molecule has 4 nitrogen and oxygen atoms in total. The molecule has 2 unspecified atom stereocenters. The van der Waals surface area contributed by atoms with Gasteiger partial charge in [0.2, 0.25) is 0 Å². The Balaban J connectivity index is 2.71. The summed E-state index contributed by atoms with van der Waals surface area (Å²) < 4.78 is 0. The van der Waals surface area contributed by atoms with E-state index in [1.807, 2.05) is 0 Å². The minimum Gasteiger partial charge on any atom is -0.506 e. The molecule has 1 rings (SSSR count). The van der Waals surface area contributed by atoms with Crippen molar-refractivity contribution < 1.29 is 15.3 Å². The maximum atomic E-state index is 9.80. The Hall–Kier alpha value is -0.810. The van der Waals surface area contributed by atoms with Crippen LogP contribution in [0.5, 0.6) is 5.75 Å². The maximum Gasteiger partial charge on any atom is 0.134 e. The average molecular weight is 246 g/mol. The minimum absolute atomic E-state index is 0.0981. The molecule has 0 fully saturated rings. The van der Waals surface area contributed by atoms with Gasteiger partial charge in [0.05, 0.1) is 11.1 Å². The van der Waals surface area contributed by atoms with E-state index in [-0.39, 0.29) is 10.8 Å². The standard InChI is InChI=1S/C11H16ClNO3/c1-13-5-4-9(14)11(16)7-2-3-8(12)10(15)6-7/h2-3,6,9,11,13-16H,4-5H2,1H3. The second-order valence-corrected chi connectivity index (χ2v) is 4.02. The summed E-state index contributed by atoms with van der Waals surface area (Å²) in [4.78, 5) is 0.